The molecule has 4 heteroatoms. The van der Waals surface area contributed by atoms with Crippen molar-refractivity contribution in [1.82, 2.24) is 0 Å². The zero-order valence-electron chi connectivity index (χ0n) is 19.2. The highest BCUT2D eigenvalue weighted by Crippen LogP contribution is 2.39. The first kappa shape index (κ1) is 22.6. The minimum Gasteiger partial charge on any atom is -0.493 e. The van der Waals surface area contributed by atoms with Crippen LogP contribution < -0.4 is 14.8 Å². The average Bonchev–Trinajstić information content (AvgIpc) is 2.73. The lowest BCUT2D eigenvalue weighted by atomic mass is 9.75. The minimum atomic E-state index is -0.0186. The number of quaternary nitrogens is 1. The first-order chi connectivity index (χ1) is 14.4. The molecule has 1 saturated heterocycles. The summed E-state index contributed by atoms with van der Waals surface area (Å²) >= 11 is 0. The zero-order valence-corrected chi connectivity index (χ0v) is 19.2. The highest BCUT2D eigenvalue weighted by Gasteiger charge is 2.34. The van der Waals surface area contributed by atoms with E-state index in [4.69, 9.17) is 14.2 Å². The van der Waals surface area contributed by atoms with Crippen LogP contribution in [0.2, 0.25) is 0 Å². The Morgan fingerprint density at radius 2 is 1.80 bits per heavy atom. The highest BCUT2D eigenvalue weighted by atomic mass is 16.5. The monoisotopic (exact) mass is 412 g/mol. The average molecular weight is 413 g/mol. The SMILES string of the molecule is COc1ccc(C[NH2+]CC[C@@H](c2ccc(C)cc2)[C@@H]2CCOC(C)(C)C2)cc1OC. The summed E-state index contributed by atoms with van der Waals surface area (Å²) in [6.07, 6.45) is 3.45. The van der Waals surface area contributed by atoms with E-state index in [1.807, 2.05) is 6.07 Å². The summed E-state index contributed by atoms with van der Waals surface area (Å²) in [4.78, 5) is 0. The van der Waals surface area contributed by atoms with Gasteiger partial charge in [0, 0.05) is 18.6 Å². The van der Waals surface area contributed by atoms with Crippen molar-refractivity contribution < 1.29 is 19.5 Å². The molecular formula is C26H38NO3+. The molecule has 1 aliphatic heterocycles. The fraction of sp³-hybridized carbons (Fsp3) is 0.538. The van der Waals surface area contributed by atoms with E-state index in [0.29, 0.717) is 11.8 Å². The molecule has 0 bridgehead atoms. The normalized spacial score (nSPS) is 19.3. The minimum absolute atomic E-state index is 0.0186. The van der Waals surface area contributed by atoms with Gasteiger partial charge >= 0.3 is 0 Å². The maximum absolute atomic E-state index is 5.99. The molecule has 1 heterocycles. The summed E-state index contributed by atoms with van der Waals surface area (Å²) in [6, 6.07) is 15.3. The van der Waals surface area contributed by atoms with E-state index < -0.39 is 0 Å². The lowest BCUT2D eigenvalue weighted by Gasteiger charge is -2.39. The first-order valence-electron chi connectivity index (χ1n) is 11.1. The maximum Gasteiger partial charge on any atom is 0.161 e. The number of aryl methyl sites for hydroxylation is 1. The van der Waals surface area contributed by atoms with E-state index in [-0.39, 0.29) is 5.60 Å². The number of hydrogen-bond donors (Lipinski definition) is 1. The topological polar surface area (TPSA) is 44.3 Å². The second-order valence-electron chi connectivity index (χ2n) is 9.14. The lowest BCUT2D eigenvalue weighted by Crippen LogP contribution is -2.82. The number of benzene rings is 2. The molecular weight excluding hydrogens is 374 g/mol. The van der Waals surface area contributed by atoms with Crippen molar-refractivity contribution in [3.8, 4) is 11.5 Å². The summed E-state index contributed by atoms with van der Waals surface area (Å²) in [5, 5.41) is 2.41. The second-order valence-corrected chi connectivity index (χ2v) is 9.14. The van der Waals surface area contributed by atoms with Gasteiger partial charge in [0.1, 0.15) is 6.54 Å². The fourth-order valence-corrected chi connectivity index (χ4v) is 4.68. The number of rotatable bonds is 9. The van der Waals surface area contributed by atoms with Crippen molar-refractivity contribution in [2.45, 2.75) is 58.1 Å². The van der Waals surface area contributed by atoms with Crippen LogP contribution in [0.1, 0.15) is 55.7 Å². The summed E-state index contributed by atoms with van der Waals surface area (Å²) in [7, 11) is 3.36. The Kier molecular flexibility index (Phi) is 7.79. The summed E-state index contributed by atoms with van der Waals surface area (Å²) in [5.41, 5.74) is 4.04. The van der Waals surface area contributed by atoms with E-state index >= 15 is 0 Å². The molecule has 0 amide bonds. The van der Waals surface area contributed by atoms with Crippen LogP contribution in [0.3, 0.4) is 0 Å². The molecule has 0 aromatic heterocycles. The third-order valence-electron chi connectivity index (χ3n) is 6.32. The molecule has 1 aliphatic rings. The molecule has 1 fully saturated rings. The summed E-state index contributed by atoms with van der Waals surface area (Å²) < 4.78 is 16.8. The van der Waals surface area contributed by atoms with Crippen LogP contribution in [0.5, 0.6) is 11.5 Å². The van der Waals surface area contributed by atoms with Gasteiger partial charge in [-0.25, -0.2) is 0 Å². The van der Waals surface area contributed by atoms with Gasteiger partial charge in [-0.15, -0.1) is 0 Å². The Balaban J connectivity index is 1.63. The van der Waals surface area contributed by atoms with Gasteiger partial charge in [-0.05, 0) is 69.2 Å². The smallest absolute Gasteiger partial charge is 0.161 e. The quantitative estimate of drug-likeness (QED) is 0.619. The van der Waals surface area contributed by atoms with E-state index in [1.54, 1.807) is 14.2 Å². The maximum atomic E-state index is 5.99. The standard InChI is InChI=1S/C26H37NO3/c1-19-6-9-21(10-7-19)23(22-13-15-30-26(2,3)17-22)12-14-27-18-20-8-11-24(28-4)25(16-20)29-5/h6-11,16,22-23,27H,12-15,17-18H2,1-5H3/p+1/t22-,23+/m1/s1. The highest BCUT2D eigenvalue weighted by molar-refractivity contribution is 5.42. The van der Waals surface area contributed by atoms with Crippen LogP contribution in [-0.2, 0) is 11.3 Å². The predicted octanol–water partition coefficient (Wildman–Crippen LogP) is 4.45. The van der Waals surface area contributed by atoms with E-state index in [1.165, 1.54) is 23.1 Å². The fourth-order valence-electron chi connectivity index (χ4n) is 4.68. The molecule has 0 radical (unpaired) electrons. The van der Waals surface area contributed by atoms with Gasteiger partial charge in [0.2, 0.25) is 0 Å². The van der Waals surface area contributed by atoms with Gasteiger partial charge in [-0.3, -0.25) is 0 Å². The molecule has 164 valence electrons. The molecule has 0 spiro atoms. The van der Waals surface area contributed by atoms with Gasteiger partial charge in [-0.2, -0.15) is 0 Å². The van der Waals surface area contributed by atoms with Crippen molar-refractivity contribution >= 4 is 0 Å². The van der Waals surface area contributed by atoms with Crippen molar-refractivity contribution in [2.24, 2.45) is 5.92 Å². The lowest BCUT2D eigenvalue weighted by molar-refractivity contribution is -0.671. The zero-order chi connectivity index (χ0) is 21.6. The Hall–Kier alpha value is -2.04. The van der Waals surface area contributed by atoms with Gasteiger partial charge in [0.25, 0.3) is 0 Å². The molecule has 0 saturated carbocycles. The third-order valence-corrected chi connectivity index (χ3v) is 6.32. The van der Waals surface area contributed by atoms with E-state index in [2.05, 4.69) is 62.5 Å². The molecule has 0 unspecified atom stereocenters. The number of methoxy groups -OCH3 is 2. The van der Waals surface area contributed by atoms with Crippen molar-refractivity contribution in [3.63, 3.8) is 0 Å². The number of hydrogen-bond acceptors (Lipinski definition) is 3. The van der Waals surface area contributed by atoms with Crippen LogP contribution in [0.4, 0.5) is 0 Å². The van der Waals surface area contributed by atoms with Crippen LogP contribution in [0, 0.1) is 12.8 Å². The first-order valence-corrected chi connectivity index (χ1v) is 11.1. The molecule has 4 nitrogen and oxygen atoms in total. The van der Waals surface area contributed by atoms with Gasteiger partial charge in [0.15, 0.2) is 11.5 Å². The largest absolute Gasteiger partial charge is 0.493 e. The van der Waals surface area contributed by atoms with Crippen LogP contribution in [0.25, 0.3) is 0 Å². The molecule has 2 N–H and O–H groups in total. The summed E-state index contributed by atoms with van der Waals surface area (Å²) in [5.74, 6) is 2.83. The van der Waals surface area contributed by atoms with E-state index in [9.17, 15) is 0 Å². The van der Waals surface area contributed by atoms with Gasteiger partial charge in [0.05, 0.1) is 26.4 Å². The Labute approximate surface area is 181 Å². The Morgan fingerprint density at radius 3 is 2.47 bits per heavy atom. The van der Waals surface area contributed by atoms with Gasteiger partial charge in [-0.1, -0.05) is 29.8 Å². The molecule has 2 aromatic carbocycles. The number of ether oxygens (including phenoxy) is 3. The molecule has 0 aliphatic carbocycles. The van der Waals surface area contributed by atoms with Crippen molar-refractivity contribution in [2.75, 3.05) is 27.4 Å². The molecule has 2 aromatic rings. The Bertz CT molecular complexity index is 800. The van der Waals surface area contributed by atoms with E-state index in [0.717, 1.165) is 44.0 Å². The third kappa shape index (κ3) is 5.99. The van der Waals surface area contributed by atoms with Crippen LogP contribution in [0.15, 0.2) is 42.5 Å². The molecule has 2 atom stereocenters. The predicted molar refractivity (Wildman–Crippen MR) is 121 cm³/mol. The summed E-state index contributed by atoms with van der Waals surface area (Å²) in [6.45, 7) is 9.54. The Morgan fingerprint density at radius 1 is 1.07 bits per heavy atom. The van der Waals surface area contributed by atoms with Crippen molar-refractivity contribution in [1.29, 1.82) is 0 Å². The number of nitrogens with two attached hydrogens (primary N) is 1. The second kappa shape index (κ2) is 10.3. The molecule has 3 rings (SSSR count). The molecule has 30 heavy (non-hydrogen) atoms. The van der Waals surface area contributed by atoms with Crippen LogP contribution in [-0.4, -0.2) is 33.0 Å². The van der Waals surface area contributed by atoms with Crippen molar-refractivity contribution in [3.05, 3.63) is 59.2 Å². The van der Waals surface area contributed by atoms with Gasteiger partial charge < -0.3 is 19.5 Å². The van der Waals surface area contributed by atoms with Crippen LogP contribution >= 0.6 is 0 Å².